The van der Waals surface area contributed by atoms with Gasteiger partial charge in [-0.3, -0.25) is 9.59 Å². The third kappa shape index (κ3) is 5.16. The molecule has 0 unspecified atom stereocenters. The zero-order valence-corrected chi connectivity index (χ0v) is 14.2. The summed E-state index contributed by atoms with van der Waals surface area (Å²) in [5.74, 6) is 0.0174. The molecule has 1 aliphatic rings. The fourth-order valence-electron chi connectivity index (χ4n) is 3.16. The number of benzene rings is 2. The highest BCUT2D eigenvalue weighted by molar-refractivity contribution is 5.94. The van der Waals surface area contributed by atoms with E-state index in [4.69, 9.17) is 0 Å². The second kappa shape index (κ2) is 8.44. The minimum absolute atomic E-state index is 0.0177. The van der Waals surface area contributed by atoms with Crippen molar-refractivity contribution in [2.45, 2.75) is 18.9 Å². The summed E-state index contributed by atoms with van der Waals surface area (Å²) in [5, 5.41) is 6.02. The molecule has 1 saturated heterocycles. The largest absolute Gasteiger partial charge is 0.349 e. The Kier molecular flexibility index (Phi) is 5.80. The summed E-state index contributed by atoms with van der Waals surface area (Å²) in [6, 6.07) is 19.0. The molecule has 1 fully saturated rings. The first-order valence-corrected chi connectivity index (χ1v) is 8.75. The first-order chi connectivity index (χ1) is 12.2. The van der Waals surface area contributed by atoms with Crippen LogP contribution in [-0.4, -0.2) is 37.5 Å². The second-order valence-corrected chi connectivity index (χ2v) is 6.45. The van der Waals surface area contributed by atoms with Crippen molar-refractivity contribution in [1.82, 2.24) is 5.32 Å². The van der Waals surface area contributed by atoms with Crippen molar-refractivity contribution in [1.29, 1.82) is 0 Å². The molecule has 0 saturated carbocycles. The molecule has 0 spiro atoms. The minimum atomic E-state index is -0.0177. The van der Waals surface area contributed by atoms with E-state index in [0.29, 0.717) is 12.1 Å². The molecule has 0 bridgehead atoms. The number of likely N-dealkylation sites (tertiary alicyclic amines) is 1. The number of carbonyl (C=O) groups excluding carboxylic acids is 2. The van der Waals surface area contributed by atoms with E-state index < -0.39 is 0 Å². The summed E-state index contributed by atoms with van der Waals surface area (Å²) in [6.07, 6.45) is 1.79. The molecule has 25 heavy (non-hydrogen) atoms. The van der Waals surface area contributed by atoms with Crippen LogP contribution in [0.2, 0.25) is 0 Å². The van der Waals surface area contributed by atoms with E-state index in [1.54, 1.807) is 0 Å². The normalized spacial score (nSPS) is 19.8. The van der Waals surface area contributed by atoms with Crippen LogP contribution in [0.4, 0.5) is 5.69 Å². The Labute approximate surface area is 148 Å². The predicted molar refractivity (Wildman–Crippen MR) is 97.6 cm³/mol. The summed E-state index contributed by atoms with van der Waals surface area (Å²) in [5.41, 5.74) is 1.52. The monoisotopic (exact) mass is 338 g/mol. The van der Waals surface area contributed by atoms with Gasteiger partial charge >= 0.3 is 0 Å². The van der Waals surface area contributed by atoms with Gasteiger partial charge in [0.2, 0.25) is 0 Å². The van der Waals surface area contributed by atoms with Gasteiger partial charge in [0.25, 0.3) is 11.8 Å². The summed E-state index contributed by atoms with van der Waals surface area (Å²) in [4.78, 5) is 25.6. The maximum atomic E-state index is 12.2. The van der Waals surface area contributed by atoms with Crippen LogP contribution in [0.5, 0.6) is 0 Å². The quantitative estimate of drug-likeness (QED) is 0.765. The molecule has 0 atom stereocenters. The third-order valence-corrected chi connectivity index (χ3v) is 4.53. The summed E-state index contributed by atoms with van der Waals surface area (Å²) in [6.45, 7) is 2.25. The minimum Gasteiger partial charge on any atom is -0.349 e. The van der Waals surface area contributed by atoms with E-state index in [-0.39, 0.29) is 17.9 Å². The lowest BCUT2D eigenvalue weighted by molar-refractivity contribution is -0.897. The van der Waals surface area contributed by atoms with Crippen molar-refractivity contribution in [3.05, 3.63) is 66.2 Å². The van der Waals surface area contributed by atoms with Gasteiger partial charge in [-0.2, -0.15) is 0 Å². The van der Waals surface area contributed by atoms with Crippen molar-refractivity contribution in [2.24, 2.45) is 0 Å². The van der Waals surface area contributed by atoms with Gasteiger partial charge in [-0.15, -0.1) is 0 Å². The molecular formula is C20H24N3O2+. The highest BCUT2D eigenvalue weighted by Gasteiger charge is 2.25. The van der Waals surface area contributed by atoms with E-state index >= 15 is 0 Å². The van der Waals surface area contributed by atoms with Gasteiger partial charge in [0, 0.05) is 30.1 Å². The molecule has 5 heteroatoms. The first kappa shape index (κ1) is 17.2. The van der Waals surface area contributed by atoms with E-state index in [0.717, 1.165) is 31.6 Å². The number of piperidine rings is 1. The number of para-hydroxylation sites is 1. The molecular weight excluding hydrogens is 314 g/mol. The summed E-state index contributed by atoms with van der Waals surface area (Å²) >= 11 is 0. The molecule has 0 radical (unpaired) electrons. The van der Waals surface area contributed by atoms with Crippen LogP contribution in [0.15, 0.2) is 60.7 Å². The Morgan fingerprint density at radius 3 is 2.16 bits per heavy atom. The lowest BCUT2D eigenvalue weighted by Crippen LogP contribution is -3.14. The van der Waals surface area contributed by atoms with Crippen molar-refractivity contribution in [3.8, 4) is 0 Å². The molecule has 130 valence electrons. The Hall–Kier alpha value is -2.66. The van der Waals surface area contributed by atoms with Gasteiger partial charge in [-0.25, -0.2) is 0 Å². The molecule has 5 nitrogen and oxygen atoms in total. The van der Waals surface area contributed by atoms with Crippen molar-refractivity contribution < 1.29 is 14.5 Å². The lowest BCUT2D eigenvalue weighted by Gasteiger charge is -2.29. The number of quaternary nitrogens is 1. The second-order valence-electron chi connectivity index (χ2n) is 6.45. The van der Waals surface area contributed by atoms with E-state index in [1.807, 2.05) is 60.7 Å². The fourth-order valence-corrected chi connectivity index (χ4v) is 3.16. The standard InChI is InChI=1S/C20H23N3O2/c24-19(21-17-9-5-2-6-10-17)15-23-13-11-18(12-14-23)22-20(25)16-7-3-1-4-8-16/h1-10,18H,11-15H2,(H,21,24)(H,22,25)/p+1. The Morgan fingerprint density at radius 2 is 1.52 bits per heavy atom. The van der Waals surface area contributed by atoms with Crippen LogP contribution in [0.1, 0.15) is 23.2 Å². The maximum Gasteiger partial charge on any atom is 0.279 e. The SMILES string of the molecule is O=C(C[NH+]1CCC(NC(=O)c2ccccc2)CC1)Nc1ccccc1. The molecule has 3 rings (SSSR count). The molecule has 2 aromatic rings. The van der Waals surface area contributed by atoms with Crippen LogP contribution in [0, 0.1) is 0 Å². The first-order valence-electron chi connectivity index (χ1n) is 8.75. The van der Waals surface area contributed by atoms with Crippen LogP contribution in [0.3, 0.4) is 0 Å². The number of anilines is 1. The Balaban J connectivity index is 1.41. The fraction of sp³-hybridized carbons (Fsp3) is 0.300. The molecule has 3 N–H and O–H groups in total. The van der Waals surface area contributed by atoms with Gasteiger partial charge in [-0.1, -0.05) is 36.4 Å². The van der Waals surface area contributed by atoms with Gasteiger partial charge in [0.1, 0.15) is 0 Å². The van der Waals surface area contributed by atoms with Gasteiger partial charge in [-0.05, 0) is 24.3 Å². The van der Waals surface area contributed by atoms with Crippen molar-refractivity contribution in [3.63, 3.8) is 0 Å². The smallest absolute Gasteiger partial charge is 0.279 e. The highest BCUT2D eigenvalue weighted by atomic mass is 16.2. The van der Waals surface area contributed by atoms with Gasteiger partial charge < -0.3 is 15.5 Å². The van der Waals surface area contributed by atoms with E-state index in [1.165, 1.54) is 4.90 Å². The predicted octanol–water partition coefficient (Wildman–Crippen LogP) is 1.10. The molecule has 2 amide bonds. The van der Waals surface area contributed by atoms with Crippen LogP contribution in [-0.2, 0) is 4.79 Å². The maximum absolute atomic E-state index is 12.2. The van der Waals surface area contributed by atoms with Crippen LogP contribution < -0.4 is 15.5 Å². The lowest BCUT2D eigenvalue weighted by atomic mass is 10.0. The number of amides is 2. The van der Waals surface area contributed by atoms with Crippen LogP contribution in [0.25, 0.3) is 0 Å². The summed E-state index contributed by atoms with van der Waals surface area (Å²) in [7, 11) is 0. The van der Waals surface area contributed by atoms with Gasteiger partial charge in [0.15, 0.2) is 6.54 Å². The average molecular weight is 338 g/mol. The van der Waals surface area contributed by atoms with Crippen molar-refractivity contribution in [2.75, 3.05) is 25.0 Å². The number of nitrogens with one attached hydrogen (secondary N) is 3. The average Bonchev–Trinajstić information content (AvgIpc) is 2.65. The van der Waals surface area contributed by atoms with Crippen molar-refractivity contribution >= 4 is 17.5 Å². The number of carbonyl (C=O) groups is 2. The Morgan fingerprint density at radius 1 is 0.920 bits per heavy atom. The topological polar surface area (TPSA) is 62.6 Å². The molecule has 1 heterocycles. The molecule has 0 aliphatic carbocycles. The molecule has 1 aliphatic heterocycles. The van der Waals surface area contributed by atoms with E-state index in [2.05, 4.69) is 10.6 Å². The number of hydrogen-bond acceptors (Lipinski definition) is 2. The summed E-state index contributed by atoms with van der Waals surface area (Å²) < 4.78 is 0. The number of hydrogen-bond donors (Lipinski definition) is 3. The van der Waals surface area contributed by atoms with Crippen LogP contribution >= 0.6 is 0 Å². The van der Waals surface area contributed by atoms with Gasteiger partial charge in [0.05, 0.1) is 13.1 Å². The third-order valence-electron chi connectivity index (χ3n) is 4.53. The Bertz CT molecular complexity index is 695. The zero-order valence-electron chi connectivity index (χ0n) is 14.2. The molecule has 0 aromatic heterocycles. The van der Waals surface area contributed by atoms with E-state index in [9.17, 15) is 9.59 Å². The number of rotatable bonds is 5. The zero-order chi connectivity index (χ0) is 17.5. The highest BCUT2D eigenvalue weighted by Crippen LogP contribution is 2.05. The molecule has 2 aromatic carbocycles.